The second-order valence-electron chi connectivity index (χ2n) is 5.16. The monoisotopic (exact) mass is 258 g/mol. The maximum absolute atomic E-state index is 12.2. The molecular formula is C15H18N2O2. The number of carbonyl (C=O) groups is 2. The molecule has 0 aromatic heterocycles. The van der Waals surface area contributed by atoms with Crippen LogP contribution in [0.25, 0.3) is 0 Å². The largest absolute Gasteiger partial charge is 0.385 e. The van der Waals surface area contributed by atoms with Gasteiger partial charge in [0.25, 0.3) is 0 Å². The zero-order valence-corrected chi connectivity index (χ0v) is 10.9. The molecule has 1 N–H and O–H groups in total. The zero-order chi connectivity index (χ0) is 13.2. The molecule has 4 nitrogen and oxygen atoms in total. The molecule has 2 heterocycles. The molecule has 0 saturated carbocycles. The molecular weight excluding hydrogens is 240 g/mol. The minimum Gasteiger partial charge on any atom is -0.385 e. The Morgan fingerprint density at radius 1 is 0.947 bits per heavy atom. The van der Waals surface area contributed by atoms with Crippen LogP contribution in [0.4, 0.5) is 11.4 Å². The summed E-state index contributed by atoms with van der Waals surface area (Å²) in [6.07, 6.45) is 4.55. The summed E-state index contributed by atoms with van der Waals surface area (Å²) < 4.78 is 0. The number of hydrogen-bond donors (Lipinski definition) is 1. The molecule has 19 heavy (non-hydrogen) atoms. The first-order valence-corrected chi connectivity index (χ1v) is 6.99. The molecule has 0 bridgehead atoms. The van der Waals surface area contributed by atoms with Gasteiger partial charge < -0.3 is 5.32 Å². The summed E-state index contributed by atoms with van der Waals surface area (Å²) >= 11 is 0. The summed E-state index contributed by atoms with van der Waals surface area (Å²) in [7, 11) is 0. The first-order valence-electron chi connectivity index (χ1n) is 6.99. The molecule has 2 aliphatic heterocycles. The zero-order valence-electron chi connectivity index (χ0n) is 10.9. The van der Waals surface area contributed by atoms with Gasteiger partial charge in [-0.25, -0.2) is 0 Å². The average Bonchev–Trinajstić information content (AvgIpc) is 2.60. The van der Waals surface area contributed by atoms with Gasteiger partial charge >= 0.3 is 0 Å². The third kappa shape index (κ3) is 2.23. The lowest BCUT2D eigenvalue weighted by Crippen LogP contribution is -2.36. The molecule has 0 radical (unpaired) electrons. The lowest BCUT2D eigenvalue weighted by atomic mass is 10.0. The van der Waals surface area contributed by atoms with E-state index in [0.29, 0.717) is 12.8 Å². The SMILES string of the molecule is O=C1CCCCC(=O)N1c1cccc2c1CCCN2. The van der Waals surface area contributed by atoms with Crippen LogP contribution in [-0.2, 0) is 16.0 Å². The van der Waals surface area contributed by atoms with Crippen LogP contribution in [0.15, 0.2) is 18.2 Å². The third-order valence-corrected chi connectivity index (χ3v) is 3.84. The second-order valence-corrected chi connectivity index (χ2v) is 5.16. The van der Waals surface area contributed by atoms with E-state index in [9.17, 15) is 9.59 Å². The number of benzene rings is 1. The average molecular weight is 258 g/mol. The summed E-state index contributed by atoms with van der Waals surface area (Å²) in [4.78, 5) is 25.8. The third-order valence-electron chi connectivity index (χ3n) is 3.84. The van der Waals surface area contributed by atoms with Gasteiger partial charge in [0, 0.05) is 25.1 Å². The molecule has 0 unspecified atom stereocenters. The predicted molar refractivity (Wildman–Crippen MR) is 74.2 cm³/mol. The molecule has 2 aliphatic rings. The van der Waals surface area contributed by atoms with E-state index in [1.54, 1.807) is 0 Å². The Hall–Kier alpha value is -1.84. The van der Waals surface area contributed by atoms with Crippen molar-refractivity contribution in [2.75, 3.05) is 16.8 Å². The molecule has 1 saturated heterocycles. The number of imide groups is 1. The Bertz CT molecular complexity index is 507. The number of anilines is 2. The van der Waals surface area contributed by atoms with Crippen molar-refractivity contribution in [1.29, 1.82) is 0 Å². The van der Waals surface area contributed by atoms with Crippen molar-refractivity contribution in [3.8, 4) is 0 Å². The van der Waals surface area contributed by atoms with Crippen LogP contribution in [0.5, 0.6) is 0 Å². The van der Waals surface area contributed by atoms with Gasteiger partial charge in [-0.2, -0.15) is 0 Å². The first-order chi connectivity index (χ1) is 9.27. The van der Waals surface area contributed by atoms with E-state index in [0.717, 1.165) is 49.2 Å². The van der Waals surface area contributed by atoms with Crippen molar-refractivity contribution >= 4 is 23.2 Å². The van der Waals surface area contributed by atoms with E-state index in [2.05, 4.69) is 5.32 Å². The van der Waals surface area contributed by atoms with E-state index in [-0.39, 0.29) is 11.8 Å². The van der Waals surface area contributed by atoms with E-state index in [1.807, 2.05) is 18.2 Å². The normalized spacial score (nSPS) is 19.7. The van der Waals surface area contributed by atoms with Crippen LogP contribution < -0.4 is 10.2 Å². The van der Waals surface area contributed by atoms with E-state index in [1.165, 1.54) is 4.90 Å². The van der Waals surface area contributed by atoms with Crippen molar-refractivity contribution in [1.82, 2.24) is 0 Å². The number of nitrogens with zero attached hydrogens (tertiary/aromatic N) is 1. The second kappa shape index (κ2) is 5.03. The number of fused-ring (bicyclic) bond motifs is 1. The van der Waals surface area contributed by atoms with Crippen LogP contribution in [0.1, 0.15) is 37.7 Å². The fourth-order valence-corrected chi connectivity index (χ4v) is 2.88. The number of nitrogens with one attached hydrogen (secondary N) is 1. The molecule has 2 amide bonds. The van der Waals surface area contributed by atoms with Crippen LogP contribution >= 0.6 is 0 Å². The summed E-state index contributed by atoms with van der Waals surface area (Å²) in [5.41, 5.74) is 2.97. The molecule has 0 aliphatic carbocycles. The van der Waals surface area contributed by atoms with Crippen molar-refractivity contribution < 1.29 is 9.59 Å². The predicted octanol–water partition coefficient (Wildman–Crippen LogP) is 2.48. The maximum atomic E-state index is 12.2. The number of rotatable bonds is 1. The van der Waals surface area contributed by atoms with Crippen LogP contribution in [-0.4, -0.2) is 18.4 Å². The van der Waals surface area contributed by atoms with Gasteiger partial charge in [-0.15, -0.1) is 0 Å². The smallest absolute Gasteiger partial charge is 0.233 e. The molecule has 0 spiro atoms. The molecule has 100 valence electrons. The fraction of sp³-hybridized carbons (Fsp3) is 0.467. The highest BCUT2D eigenvalue weighted by Gasteiger charge is 2.28. The molecule has 1 aromatic carbocycles. The summed E-state index contributed by atoms with van der Waals surface area (Å²) in [5, 5.41) is 3.34. The van der Waals surface area contributed by atoms with Crippen LogP contribution in [0, 0.1) is 0 Å². The van der Waals surface area contributed by atoms with Gasteiger partial charge in [0.05, 0.1) is 5.69 Å². The number of hydrogen-bond acceptors (Lipinski definition) is 3. The van der Waals surface area contributed by atoms with E-state index >= 15 is 0 Å². The highest BCUT2D eigenvalue weighted by Crippen LogP contribution is 2.33. The van der Waals surface area contributed by atoms with Gasteiger partial charge in [-0.1, -0.05) is 6.07 Å². The highest BCUT2D eigenvalue weighted by atomic mass is 16.2. The molecule has 3 rings (SSSR count). The van der Waals surface area contributed by atoms with Crippen molar-refractivity contribution in [2.45, 2.75) is 38.5 Å². The quantitative estimate of drug-likeness (QED) is 0.787. The lowest BCUT2D eigenvalue weighted by molar-refractivity contribution is -0.125. The van der Waals surface area contributed by atoms with E-state index < -0.39 is 0 Å². The summed E-state index contributed by atoms with van der Waals surface area (Å²) in [6.45, 7) is 0.957. The maximum Gasteiger partial charge on any atom is 0.233 e. The summed E-state index contributed by atoms with van der Waals surface area (Å²) in [6, 6.07) is 5.83. The first kappa shape index (κ1) is 12.2. The fourth-order valence-electron chi connectivity index (χ4n) is 2.88. The Kier molecular flexibility index (Phi) is 3.23. The lowest BCUT2D eigenvalue weighted by Gasteiger charge is -2.26. The Labute approximate surface area is 112 Å². The van der Waals surface area contributed by atoms with Crippen LogP contribution in [0.2, 0.25) is 0 Å². The van der Waals surface area contributed by atoms with Crippen molar-refractivity contribution in [2.24, 2.45) is 0 Å². The minimum atomic E-state index is -0.0542. The van der Waals surface area contributed by atoms with Crippen LogP contribution in [0.3, 0.4) is 0 Å². The standard InChI is InChI=1S/C15H18N2O2/c18-14-8-1-2-9-15(19)17(14)13-7-3-6-12-11(13)5-4-10-16-12/h3,6-7,16H,1-2,4-5,8-10H2. The molecule has 4 heteroatoms. The van der Waals surface area contributed by atoms with Gasteiger partial charge in [0.1, 0.15) is 0 Å². The molecule has 1 aromatic rings. The number of amides is 2. The number of carbonyl (C=O) groups excluding carboxylic acids is 2. The van der Waals surface area contributed by atoms with Gasteiger partial charge in [0.2, 0.25) is 11.8 Å². The van der Waals surface area contributed by atoms with Gasteiger partial charge in [-0.3, -0.25) is 14.5 Å². The van der Waals surface area contributed by atoms with Crippen molar-refractivity contribution in [3.63, 3.8) is 0 Å². The Morgan fingerprint density at radius 3 is 2.42 bits per heavy atom. The Balaban J connectivity index is 2.04. The topological polar surface area (TPSA) is 49.4 Å². The molecule has 1 fully saturated rings. The van der Waals surface area contributed by atoms with Gasteiger partial charge in [-0.05, 0) is 43.4 Å². The summed E-state index contributed by atoms with van der Waals surface area (Å²) in [5.74, 6) is -0.108. The molecule has 0 atom stereocenters. The minimum absolute atomic E-state index is 0.0542. The van der Waals surface area contributed by atoms with E-state index in [4.69, 9.17) is 0 Å². The Morgan fingerprint density at radius 2 is 1.68 bits per heavy atom. The van der Waals surface area contributed by atoms with Crippen molar-refractivity contribution in [3.05, 3.63) is 23.8 Å². The highest BCUT2D eigenvalue weighted by molar-refractivity contribution is 6.16. The van der Waals surface area contributed by atoms with Gasteiger partial charge in [0.15, 0.2) is 0 Å².